The van der Waals surface area contributed by atoms with E-state index in [1.807, 2.05) is 43.3 Å². The number of hydrogen-bond acceptors (Lipinski definition) is 4. The molecule has 2 N–H and O–H groups in total. The van der Waals surface area contributed by atoms with E-state index in [0.29, 0.717) is 5.69 Å². The van der Waals surface area contributed by atoms with Crippen LogP contribution in [-0.4, -0.2) is 19.3 Å². The molecule has 1 amide bonds. The number of rotatable bonds is 5. The van der Waals surface area contributed by atoms with Crippen LogP contribution in [0.15, 0.2) is 77.7 Å². The summed E-state index contributed by atoms with van der Waals surface area (Å²) in [5.41, 5.74) is 5.20. The van der Waals surface area contributed by atoms with Gasteiger partial charge in [0.15, 0.2) is 0 Å². The Morgan fingerprint density at radius 3 is 2.25 bits per heavy atom. The number of aromatic nitrogens is 1. The number of nitrogens with zero attached hydrogens (tertiary/aromatic N) is 1. The summed E-state index contributed by atoms with van der Waals surface area (Å²) in [6, 6.07) is 22.0. The number of amides is 1. The SMILES string of the molecule is CC(=O)Nc1ccc(C)cc1S(=O)(=O)Nc1ccc(-c2ccc3cc(C)ccc3n2)cc1. The highest BCUT2D eigenvalue weighted by Gasteiger charge is 2.20. The molecule has 6 nitrogen and oxygen atoms in total. The minimum atomic E-state index is -3.90. The minimum absolute atomic E-state index is 0.0169. The molecule has 3 aromatic carbocycles. The minimum Gasteiger partial charge on any atom is -0.325 e. The van der Waals surface area contributed by atoms with Crippen LogP contribution in [0.3, 0.4) is 0 Å². The third-order valence-electron chi connectivity index (χ3n) is 5.01. The van der Waals surface area contributed by atoms with Crippen LogP contribution in [0.4, 0.5) is 11.4 Å². The van der Waals surface area contributed by atoms with Gasteiger partial charge in [0.25, 0.3) is 10.0 Å². The van der Waals surface area contributed by atoms with Crippen molar-refractivity contribution in [1.29, 1.82) is 0 Å². The molecule has 0 saturated carbocycles. The Morgan fingerprint density at radius 2 is 1.53 bits per heavy atom. The van der Waals surface area contributed by atoms with Crippen molar-refractivity contribution in [3.8, 4) is 11.3 Å². The number of anilines is 2. The molecular weight excluding hydrogens is 422 g/mol. The zero-order valence-electron chi connectivity index (χ0n) is 18.0. The quantitative estimate of drug-likeness (QED) is 0.438. The molecule has 4 aromatic rings. The van der Waals surface area contributed by atoms with Gasteiger partial charge in [-0.05, 0) is 61.9 Å². The van der Waals surface area contributed by atoms with Crippen molar-refractivity contribution in [3.63, 3.8) is 0 Å². The maximum atomic E-state index is 13.0. The zero-order chi connectivity index (χ0) is 22.9. The van der Waals surface area contributed by atoms with Crippen LogP contribution >= 0.6 is 0 Å². The van der Waals surface area contributed by atoms with E-state index in [4.69, 9.17) is 4.98 Å². The highest BCUT2D eigenvalue weighted by atomic mass is 32.2. The van der Waals surface area contributed by atoms with E-state index < -0.39 is 10.0 Å². The standard InChI is InChI=1S/C25H23N3O3S/c1-16-4-11-23-20(14-16)8-13-22(27-23)19-6-9-21(10-7-19)28-32(30,31)25-15-17(2)5-12-24(25)26-18(3)29/h4-15,28H,1-3H3,(H,26,29). The Balaban J connectivity index is 1.61. The summed E-state index contributed by atoms with van der Waals surface area (Å²) < 4.78 is 28.6. The molecule has 1 aromatic heterocycles. The highest BCUT2D eigenvalue weighted by molar-refractivity contribution is 7.92. The number of carbonyl (C=O) groups is 1. The van der Waals surface area contributed by atoms with Gasteiger partial charge in [-0.2, -0.15) is 0 Å². The smallest absolute Gasteiger partial charge is 0.263 e. The van der Waals surface area contributed by atoms with Crippen molar-refractivity contribution in [1.82, 2.24) is 4.98 Å². The maximum absolute atomic E-state index is 13.0. The highest BCUT2D eigenvalue weighted by Crippen LogP contribution is 2.27. The third-order valence-corrected chi connectivity index (χ3v) is 6.44. The third kappa shape index (κ3) is 4.63. The number of nitrogens with one attached hydrogen (secondary N) is 2. The molecule has 0 saturated heterocycles. The lowest BCUT2D eigenvalue weighted by atomic mass is 10.1. The summed E-state index contributed by atoms with van der Waals surface area (Å²) in [7, 11) is -3.90. The Hall–Kier alpha value is -3.71. The summed E-state index contributed by atoms with van der Waals surface area (Å²) >= 11 is 0. The lowest BCUT2D eigenvalue weighted by Crippen LogP contribution is -2.17. The first-order valence-electron chi connectivity index (χ1n) is 10.1. The molecule has 1 heterocycles. The molecule has 7 heteroatoms. The summed E-state index contributed by atoms with van der Waals surface area (Å²) in [5, 5.41) is 3.65. The van der Waals surface area contributed by atoms with Gasteiger partial charge in [0.2, 0.25) is 5.91 Å². The lowest BCUT2D eigenvalue weighted by molar-refractivity contribution is -0.114. The van der Waals surface area contributed by atoms with Crippen molar-refractivity contribution in [2.75, 3.05) is 10.0 Å². The number of pyridine rings is 1. The maximum Gasteiger partial charge on any atom is 0.263 e. The Bertz CT molecular complexity index is 1430. The molecule has 0 bridgehead atoms. The predicted octanol–water partition coefficient (Wildman–Crippen LogP) is 5.28. The van der Waals surface area contributed by atoms with Crippen LogP contribution in [0.25, 0.3) is 22.2 Å². The second-order valence-electron chi connectivity index (χ2n) is 7.76. The van der Waals surface area contributed by atoms with E-state index >= 15 is 0 Å². The summed E-state index contributed by atoms with van der Waals surface area (Å²) in [5.74, 6) is -0.340. The molecule has 0 fully saturated rings. The lowest BCUT2D eigenvalue weighted by Gasteiger charge is -2.14. The predicted molar refractivity (Wildman–Crippen MR) is 128 cm³/mol. The first-order chi connectivity index (χ1) is 15.2. The van der Waals surface area contributed by atoms with Crippen molar-refractivity contribution in [2.24, 2.45) is 0 Å². The van der Waals surface area contributed by atoms with Gasteiger partial charge in [0, 0.05) is 23.6 Å². The molecule has 0 atom stereocenters. The van der Waals surface area contributed by atoms with Crippen LogP contribution in [0, 0.1) is 13.8 Å². The zero-order valence-corrected chi connectivity index (χ0v) is 18.8. The molecule has 162 valence electrons. The van der Waals surface area contributed by atoms with Crippen molar-refractivity contribution in [3.05, 3.63) is 83.9 Å². The Labute approximate surface area is 187 Å². The molecule has 0 spiro atoms. The van der Waals surface area contributed by atoms with Crippen LogP contribution in [-0.2, 0) is 14.8 Å². The van der Waals surface area contributed by atoms with Gasteiger partial charge < -0.3 is 5.32 Å². The van der Waals surface area contributed by atoms with Crippen molar-refractivity contribution >= 4 is 38.2 Å². The number of hydrogen-bond donors (Lipinski definition) is 2. The largest absolute Gasteiger partial charge is 0.325 e. The molecule has 0 aliphatic heterocycles. The van der Waals surface area contributed by atoms with Gasteiger partial charge in [-0.25, -0.2) is 13.4 Å². The summed E-state index contributed by atoms with van der Waals surface area (Å²) in [4.78, 5) is 16.2. The van der Waals surface area contributed by atoms with E-state index in [9.17, 15) is 13.2 Å². The molecule has 0 unspecified atom stereocenters. The van der Waals surface area contributed by atoms with Crippen LogP contribution in [0.5, 0.6) is 0 Å². The van der Waals surface area contributed by atoms with Crippen LogP contribution < -0.4 is 10.0 Å². The van der Waals surface area contributed by atoms with Crippen LogP contribution in [0.2, 0.25) is 0 Å². The molecule has 0 aliphatic carbocycles. The molecule has 0 radical (unpaired) electrons. The second kappa shape index (κ2) is 8.43. The van der Waals surface area contributed by atoms with Crippen LogP contribution in [0.1, 0.15) is 18.1 Å². The average molecular weight is 446 g/mol. The Morgan fingerprint density at radius 1 is 0.844 bits per heavy atom. The summed E-state index contributed by atoms with van der Waals surface area (Å²) in [6.45, 7) is 5.18. The van der Waals surface area contributed by atoms with Gasteiger partial charge in [0.1, 0.15) is 4.90 Å². The second-order valence-corrected chi connectivity index (χ2v) is 9.41. The van der Waals surface area contributed by atoms with E-state index in [-0.39, 0.29) is 16.5 Å². The van der Waals surface area contributed by atoms with Gasteiger partial charge >= 0.3 is 0 Å². The van der Waals surface area contributed by atoms with Gasteiger partial charge in [0.05, 0.1) is 16.9 Å². The fourth-order valence-electron chi connectivity index (χ4n) is 3.47. The van der Waals surface area contributed by atoms with Crippen molar-refractivity contribution in [2.45, 2.75) is 25.7 Å². The molecular formula is C25H23N3O3S. The fraction of sp³-hybridized carbons (Fsp3) is 0.120. The normalized spacial score (nSPS) is 11.3. The average Bonchev–Trinajstić information content (AvgIpc) is 2.74. The van der Waals surface area contributed by atoms with Gasteiger partial charge in [-0.1, -0.05) is 35.9 Å². The monoisotopic (exact) mass is 445 g/mol. The Kier molecular flexibility index (Phi) is 5.67. The number of fused-ring (bicyclic) bond motifs is 1. The van der Waals surface area contributed by atoms with Crippen molar-refractivity contribution < 1.29 is 13.2 Å². The number of benzene rings is 3. The fourth-order valence-corrected chi connectivity index (χ4v) is 4.78. The first kappa shape index (κ1) is 21.5. The van der Waals surface area contributed by atoms with Gasteiger partial charge in [-0.15, -0.1) is 0 Å². The van der Waals surface area contributed by atoms with E-state index in [1.54, 1.807) is 31.2 Å². The number of sulfonamides is 1. The van der Waals surface area contributed by atoms with E-state index in [2.05, 4.69) is 16.1 Å². The topological polar surface area (TPSA) is 88.2 Å². The number of carbonyl (C=O) groups excluding carboxylic acids is 1. The molecule has 32 heavy (non-hydrogen) atoms. The van der Waals surface area contributed by atoms with E-state index in [0.717, 1.165) is 27.7 Å². The number of aryl methyl sites for hydroxylation is 2. The molecule has 0 aliphatic rings. The first-order valence-corrected chi connectivity index (χ1v) is 11.6. The molecule has 4 rings (SSSR count). The van der Waals surface area contributed by atoms with Gasteiger partial charge in [-0.3, -0.25) is 9.52 Å². The van der Waals surface area contributed by atoms with E-state index in [1.165, 1.54) is 18.6 Å². The summed E-state index contributed by atoms with van der Waals surface area (Å²) in [6.07, 6.45) is 0.